The third-order valence-corrected chi connectivity index (χ3v) is 10.1. The molecule has 51 heavy (non-hydrogen) atoms. The third-order valence-electron chi connectivity index (χ3n) is 10.1. The molecule has 4 aromatic rings. The first-order chi connectivity index (χ1) is 24.5. The van der Waals surface area contributed by atoms with Gasteiger partial charge in [-0.25, -0.2) is 25.2 Å². The van der Waals surface area contributed by atoms with Gasteiger partial charge in [-0.2, -0.15) is 0 Å². The Balaban J connectivity index is 1.15. The van der Waals surface area contributed by atoms with E-state index in [2.05, 4.69) is 29.1 Å². The molecule has 0 radical (unpaired) electrons. The zero-order valence-corrected chi connectivity index (χ0v) is 28.7. The van der Waals surface area contributed by atoms with Gasteiger partial charge in [0.1, 0.15) is 11.4 Å². The number of benzene rings is 1. The molecule has 0 spiro atoms. The number of Topliss-reactive ketones (excluding diaryl/α,β-unsaturated/α-hetero) is 1. The van der Waals surface area contributed by atoms with Crippen molar-refractivity contribution in [2.24, 2.45) is 0 Å². The molecule has 3 aromatic heterocycles. The highest BCUT2D eigenvalue weighted by atomic mass is 16.6. The third kappa shape index (κ3) is 6.10. The Labute approximate surface area is 293 Å². The number of ketones is 1. The highest BCUT2D eigenvalue weighted by Gasteiger charge is 2.43. The van der Waals surface area contributed by atoms with Crippen LogP contribution in [-0.4, -0.2) is 91.3 Å². The molecule has 15 heteroatoms. The van der Waals surface area contributed by atoms with Gasteiger partial charge in [0.15, 0.2) is 5.78 Å². The predicted molar refractivity (Wildman–Crippen MR) is 186 cm³/mol. The Bertz CT molecular complexity index is 2110. The topological polar surface area (TPSA) is 192 Å². The van der Waals surface area contributed by atoms with Crippen LogP contribution in [0, 0.1) is 0 Å². The zero-order chi connectivity index (χ0) is 36.0. The number of aromatic nitrogens is 4. The van der Waals surface area contributed by atoms with E-state index in [0.717, 1.165) is 16.5 Å². The summed E-state index contributed by atoms with van der Waals surface area (Å²) in [6, 6.07) is 7.37. The van der Waals surface area contributed by atoms with Gasteiger partial charge in [-0.05, 0) is 55.6 Å². The van der Waals surface area contributed by atoms with Crippen molar-refractivity contribution in [3.8, 4) is 17.1 Å². The number of hydrogen-bond donors (Lipinski definition) is 4. The first-order valence-electron chi connectivity index (χ1n) is 17.2. The van der Waals surface area contributed by atoms with Crippen LogP contribution in [0.2, 0.25) is 0 Å². The summed E-state index contributed by atoms with van der Waals surface area (Å²) in [5.74, 6) is -0.201. The number of anilines is 1. The number of nitrogens with zero attached hydrogens (tertiary/aromatic N) is 6. The lowest BCUT2D eigenvalue weighted by atomic mass is 9.77. The van der Waals surface area contributed by atoms with Gasteiger partial charge in [-0.15, -0.1) is 0 Å². The molecule has 1 aliphatic carbocycles. The van der Waals surface area contributed by atoms with Crippen molar-refractivity contribution in [3.63, 3.8) is 0 Å². The average molecular weight is 697 g/mol. The van der Waals surface area contributed by atoms with Gasteiger partial charge in [0.05, 0.1) is 29.0 Å². The summed E-state index contributed by atoms with van der Waals surface area (Å²) in [5, 5.41) is 24.5. The fourth-order valence-electron chi connectivity index (χ4n) is 7.28. The molecule has 1 atom stereocenters. The highest BCUT2D eigenvalue weighted by Crippen LogP contribution is 2.41. The average Bonchev–Trinajstić information content (AvgIpc) is 3.51. The molecule has 5 heterocycles. The second-order valence-corrected chi connectivity index (χ2v) is 13.5. The van der Waals surface area contributed by atoms with Gasteiger partial charge < -0.3 is 29.5 Å². The maximum absolute atomic E-state index is 13.9. The molecule has 3 aliphatic rings. The zero-order valence-electron chi connectivity index (χ0n) is 28.7. The van der Waals surface area contributed by atoms with Crippen LogP contribution < -0.4 is 26.0 Å². The molecular formula is C36H40N8O7. The molecular weight excluding hydrogens is 656 g/mol. The first-order valence-corrected chi connectivity index (χ1v) is 17.2. The molecule has 0 saturated carbocycles. The van der Waals surface area contributed by atoms with Gasteiger partial charge in [-0.1, -0.05) is 20.8 Å². The van der Waals surface area contributed by atoms with Crippen LogP contribution in [-0.2, 0) is 29.8 Å². The molecule has 0 unspecified atom stereocenters. The number of pyridine rings is 2. The highest BCUT2D eigenvalue weighted by molar-refractivity contribution is 5.93. The quantitative estimate of drug-likeness (QED) is 0.137. The smallest absolute Gasteiger partial charge is 0.410 e. The van der Waals surface area contributed by atoms with Crippen molar-refractivity contribution in [1.82, 2.24) is 35.2 Å². The van der Waals surface area contributed by atoms with Crippen molar-refractivity contribution < 1.29 is 29.4 Å². The number of piperazine rings is 1. The largest absolute Gasteiger partial charge is 0.415 e. The predicted octanol–water partition coefficient (Wildman–Crippen LogP) is 2.31. The van der Waals surface area contributed by atoms with Gasteiger partial charge in [-0.3, -0.25) is 19.6 Å². The number of ether oxygens (including phenoxy) is 1. The summed E-state index contributed by atoms with van der Waals surface area (Å²) in [5.41, 5.74) is 4.42. The van der Waals surface area contributed by atoms with Crippen LogP contribution in [0.1, 0.15) is 66.2 Å². The molecule has 15 nitrogen and oxygen atoms in total. The fourth-order valence-corrected chi connectivity index (χ4v) is 7.28. The van der Waals surface area contributed by atoms with Crippen LogP contribution >= 0.6 is 0 Å². The van der Waals surface area contributed by atoms with Crippen molar-refractivity contribution in [2.75, 3.05) is 37.6 Å². The Morgan fingerprint density at radius 1 is 1.04 bits per heavy atom. The Kier molecular flexibility index (Phi) is 9.03. The van der Waals surface area contributed by atoms with Crippen molar-refractivity contribution in [1.29, 1.82) is 0 Å². The van der Waals surface area contributed by atoms with E-state index in [4.69, 9.17) is 14.9 Å². The van der Waals surface area contributed by atoms with Gasteiger partial charge >= 0.3 is 6.09 Å². The number of aliphatic hydroxyl groups is 1. The first kappa shape index (κ1) is 34.2. The van der Waals surface area contributed by atoms with Crippen LogP contribution in [0.25, 0.3) is 22.3 Å². The molecule has 2 amide bonds. The van der Waals surface area contributed by atoms with Gasteiger partial charge in [0.2, 0.25) is 5.95 Å². The van der Waals surface area contributed by atoms with E-state index in [1.807, 2.05) is 11.0 Å². The van der Waals surface area contributed by atoms with E-state index in [9.17, 15) is 24.3 Å². The maximum atomic E-state index is 13.9. The van der Waals surface area contributed by atoms with Crippen molar-refractivity contribution in [2.45, 2.75) is 64.6 Å². The summed E-state index contributed by atoms with van der Waals surface area (Å²) in [6.45, 7) is 8.52. The molecule has 4 N–H and O–H groups in total. The summed E-state index contributed by atoms with van der Waals surface area (Å²) in [4.78, 5) is 68.5. The Hall–Kier alpha value is -5.25. The van der Waals surface area contributed by atoms with Crippen LogP contribution in [0.15, 0.2) is 41.5 Å². The maximum Gasteiger partial charge on any atom is 0.415 e. The minimum Gasteiger partial charge on any atom is -0.410 e. The van der Waals surface area contributed by atoms with E-state index in [1.54, 1.807) is 40.1 Å². The summed E-state index contributed by atoms with van der Waals surface area (Å²) in [7, 11) is 0. The summed E-state index contributed by atoms with van der Waals surface area (Å²) < 4.78 is 7.58. The molecule has 7 rings (SSSR count). The molecule has 2 aliphatic heterocycles. The molecule has 1 fully saturated rings. The van der Waals surface area contributed by atoms with Crippen molar-refractivity contribution >= 4 is 34.6 Å². The molecule has 0 bridgehead atoms. The van der Waals surface area contributed by atoms with Crippen LogP contribution in [0.3, 0.4) is 0 Å². The number of hydroxylamine groups is 1. The van der Waals surface area contributed by atoms with Crippen LogP contribution in [0.5, 0.6) is 5.75 Å². The monoisotopic (exact) mass is 696 g/mol. The standard InChI is InChI=1S/C36H40N8O7/c1-4-36(49)27-16-29-31-26(19-44(29)33(47)24(27)6-8-30(36)45)23(9-10-37-20(2)3)25-15-22(5-7-28(25)40-31)51-35(48)43-13-11-42(12-14-43)34-38-17-21(18-39-34)32(46)41-50/h5,7,15-18,20,37,49-50H,4,6,8-14,19H2,1-3H3,(H,41,46)/t36-/m0/s1. The number of fused-ring (bicyclic) bond motifs is 5. The number of carbonyl (C=O) groups is 3. The molecule has 1 aromatic carbocycles. The minimum atomic E-state index is -1.70. The van der Waals surface area contributed by atoms with Gasteiger partial charge in [0, 0.05) is 73.1 Å². The molecule has 266 valence electrons. The van der Waals surface area contributed by atoms with E-state index < -0.39 is 17.6 Å². The minimum absolute atomic E-state index is 0.123. The Morgan fingerprint density at radius 3 is 2.47 bits per heavy atom. The second kappa shape index (κ2) is 13.5. The number of nitrogens with one attached hydrogen (secondary N) is 2. The lowest BCUT2D eigenvalue weighted by molar-refractivity contribution is -0.140. The molecule has 1 saturated heterocycles. The second-order valence-electron chi connectivity index (χ2n) is 13.5. The fraction of sp³-hybridized carbons (Fsp3) is 0.417. The van der Waals surface area contributed by atoms with Gasteiger partial charge in [0.25, 0.3) is 11.5 Å². The van der Waals surface area contributed by atoms with E-state index in [-0.39, 0.29) is 35.8 Å². The number of amides is 2. The lowest BCUT2D eigenvalue weighted by Gasteiger charge is -2.34. The summed E-state index contributed by atoms with van der Waals surface area (Å²) >= 11 is 0. The number of hydrogen-bond acceptors (Lipinski definition) is 12. The lowest BCUT2D eigenvalue weighted by Crippen LogP contribution is -2.50. The Morgan fingerprint density at radius 2 is 1.78 bits per heavy atom. The van der Waals surface area contributed by atoms with E-state index in [1.165, 1.54) is 12.4 Å². The van der Waals surface area contributed by atoms with E-state index >= 15 is 0 Å². The number of rotatable bonds is 8. The van der Waals surface area contributed by atoms with E-state index in [0.29, 0.717) is 91.8 Å². The number of carbonyl (C=O) groups excluding carboxylic acids is 3. The normalized spacial score (nSPS) is 18.1. The van der Waals surface area contributed by atoms with Crippen molar-refractivity contribution in [3.05, 3.63) is 74.8 Å². The van der Waals surface area contributed by atoms with Crippen LogP contribution in [0.4, 0.5) is 10.7 Å². The summed E-state index contributed by atoms with van der Waals surface area (Å²) in [6.07, 6.45) is 3.38. The SMILES string of the molecule is CC[C@@]1(O)C(=O)CCc2c1cc1n(c2=O)Cc2c-1nc1ccc(OC(=O)N3CCN(c4ncc(C(=O)NO)cn4)CC3)cc1c2CCNC(C)C.